The molecular weight excluding hydrogens is 404 g/mol. The van der Waals surface area contributed by atoms with E-state index in [4.69, 9.17) is 5.73 Å². The molecule has 5 rings (SSSR count). The van der Waals surface area contributed by atoms with E-state index in [0.29, 0.717) is 18.5 Å². The highest BCUT2D eigenvalue weighted by molar-refractivity contribution is 7.90. The summed E-state index contributed by atoms with van der Waals surface area (Å²) >= 11 is 0. The lowest BCUT2D eigenvalue weighted by atomic mass is 9.96. The highest BCUT2D eigenvalue weighted by atomic mass is 32.2. The number of benzene rings is 4. The first kappa shape index (κ1) is 19.5. The molecule has 1 heterocycles. The van der Waals surface area contributed by atoms with Crippen molar-refractivity contribution in [2.75, 3.05) is 6.54 Å². The molecule has 0 bridgehead atoms. The van der Waals surface area contributed by atoms with E-state index in [0.717, 1.165) is 22.1 Å². The van der Waals surface area contributed by atoms with Gasteiger partial charge in [-0.25, -0.2) is 12.4 Å². The molecule has 0 aliphatic rings. The van der Waals surface area contributed by atoms with Crippen LogP contribution in [0, 0.1) is 0 Å². The standard InChI is InChI=1S/C26H22N2O2S/c27-16-15-21-18-28(31(29,30)22-9-2-1-3-10-22)26-14-13-20(17-25(21)26)24-12-6-8-19-7-4-5-11-23(19)24/h1-14,17-18H,15-16,27H2. The Balaban J connectivity index is 1.74. The lowest BCUT2D eigenvalue weighted by Crippen LogP contribution is -2.11. The van der Waals surface area contributed by atoms with Crippen molar-refractivity contribution in [3.63, 3.8) is 0 Å². The lowest BCUT2D eigenvalue weighted by Gasteiger charge is -2.10. The summed E-state index contributed by atoms with van der Waals surface area (Å²) in [6, 6.07) is 29.0. The maximum absolute atomic E-state index is 13.3. The Bertz CT molecular complexity index is 1500. The van der Waals surface area contributed by atoms with Crippen molar-refractivity contribution >= 4 is 31.7 Å². The number of rotatable bonds is 5. The Hall–Kier alpha value is -3.41. The maximum atomic E-state index is 13.3. The minimum absolute atomic E-state index is 0.268. The van der Waals surface area contributed by atoms with Gasteiger partial charge in [-0.15, -0.1) is 0 Å². The number of nitrogens with two attached hydrogens (primary N) is 1. The molecule has 0 spiro atoms. The molecule has 0 aliphatic heterocycles. The van der Waals surface area contributed by atoms with E-state index in [-0.39, 0.29) is 4.90 Å². The topological polar surface area (TPSA) is 65.1 Å². The molecule has 1 aromatic heterocycles. The van der Waals surface area contributed by atoms with Gasteiger partial charge in [0.15, 0.2) is 0 Å². The summed E-state index contributed by atoms with van der Waals surface area (Å²) in [6.45, 7) is 0.447. The van der Waals surface area contributed by atoms with E-state index >= 15 is 0 Å². The molecule has 0 aliphatic carbocycles. The smallest absolute Gasteiger partial charge is 0.268 e. The summed E-state index contributed by atoms with van der Waals surface area (Å²) < 4.78 is 28.0. The molecule has 4 aromatic carbocycles. The van der Waals surface area contributed by atoms with Crippen molar-refractivity contribution in [1.82, 2.24) is 3.97 Å². The molecule has 0 atom stereocenters. The monoisotopic (exact) mass is 426 g/mol. The Morgan fingerprint density at radius 2 is 1.52 bits per heavy atom. The van der Waals surface area contributed by atoms with Crippen LogP contribution in [0.1, 0.15) is 5.56 Å². The fraction of sp³-hybridized carbons (Fsp3) is 0.0769. The third-order valence-electron chi connectivity index (χ3n) is 5.67. The van der Waals surface area contributed by atoms with Crippen LogP contribution in [0.25, 0.3) is 32.8 Å². The largest absolute Gasteiger partial charge is 0.330 e. The predicted octanol–water partition coefficient (Wildman–Crippen LogP) is 5.20. The van der Waals surface area contributed by atoms with Crippen LogP contribution >= 0.6 is 0 Å². The van der Waals surface area contributed by atoms with Crippen LogP contribution in [0.3, 0.4) is 0 Å². The average molecular weight is 427 g/mol. The van der Waals surface area contributed by atoms with Crippen molar-refractivity contribution < 1.29 is 8.42 Å². The van der Waals surface area contributed by atoms with Crippen molar-refractivity contribution in [3.05, 3.63) is 103 Å². The maximum Gasteiger partial charge on any atom is 0.268 e. The first-order valence-corrected chi connectivity index (χ1v) is 11.7. The van der Waals surface area contributed by atoms with Gasteiger partial charge in [0.05, 0.1) is 10.4 Å². The molecule has 0 amide bonds. The van der Waals surface area contributed by atoms with Crippen molar-refractivity contribution in [1.29, 1.82) is 0 Å². The predicted molar refractivity (Wildman–Crippen MR) is 127 cm³/mol. The minimum Gasteiger partial charge on any atom is -0.330 e. The summed E-state index contributed by atoms with van der Waals surface area (Å²) in [5.74, 6) is 0. The Morgan fingerprint density at radius 3 is 2.32 bits per heavy atom. The minimum atomic E-state index is -3.70. The molecule has 0 unspecified atom stereocenters. The zero-order valence-corrected chi connectivity index (χ0v) is 17.7. The molecule has 0 saturated carbocycles. The molecule has 5 aromatic rings. The fourth-order valence-corrected chi connectivity index (χ4v) is 5.58. The van der Waals surface area contributed by atoms with Crippen LogP contribution in [0.15, 0.2) is 102 Å². The Kier molecular flexibility index (Phi) is 4.85. The molecule has 154 valence electrons. The van der Waals surface area contributed by atoms with E-state index in [1.54, 1.807) is 30.5 Å². The van der Waals surface area contributed by atoms with Gasteiger partial charge < -0.3 is 5.73 Å². The second kappa shape index (κ2) is 7.69. The number of hydrogen-bond donors (Lipinski definition) is 1. The molecule has 0 radical (unpaired) electrons. The van der Waals surface area contributed by atoms with Crippen LogP contribution in [0.5, 0.6) is 0 Å². The van der Waals surface area contributed by atoms with Gasteiger partial charge in [-0.3, -0.25) is 0 Å². The average Bonchev–Trinajstić information content (AvgIpc) is 3.18. The first-order valence-electron chi connectivity index (χ1n) is 10.2. The van der Waals surface area contributed by atoms with Crippen molar-refractivity contribution in [3.8, 4) is 11.1 Å². The Morgan fingerprint density at radius 1 is 0.774 bits per heavy atom. The van der Waals surface area contributed by atoms with E-state index in [9.17, 15) is 8.42 Å². The zero-order valence-electron chi connectivity index (χ0n) is 16.9. The van der Waals surface area contributed by atoms with Gasteiger partial charge in [0, 0.05) is 11.6 Å². The highest BCUT2D eigenvalue weighted by Crippen LogP contribution is 2.33. The summed E-state index contributed by atoms with van der Waals surface area (Å²) in [4.78, 5) is 0.268. The van der Waals surface area contributed by atoms with Crippen LogP contribution in [0.2, 0.25) is 0 Å². The number of nitrogens with zero attached hydrogens (tertiary/aromatic N) is 1. The molecular formula is C26H22N2O2S. The summed E-state index contributed by atoms with van der Waals surface area (Å²) in [7, 11) is -3.70. The third-order valence-corrected chi connectivity index (χ3v) is 7.36. The van der Waals surface area contributed by atoms with E-state index in [1.807, 2.05) is 36.4 Å². The zero-order chi connectivity index (χ0) is 21.4. The molecule has 4 nitrogen and oxygen atoms in total. The molecule has 0 fully saturated rings. The first-order chi connectivity index (χ1) is 15.1. The van der Waals surface area contributed by atoms with Gasteiger partial charge in [0.2, 0.25) is 0 Å². The van der Waals surface area contributed by atoms with E-state index < -0.39 is 10.0 Å². The molecule has 0 saturated heterocycles. The molecule has 2 N–H and O–H groups in total. The summed E-state index contributed by atoms with van der Waals surface area (Å²) in [5, 5.41) is 3.25. The lowest BCUT2D eigenvalue weighted by molar-refractivity contribution is 0.589. The summed E-state index contributed by atoms with van der Waals surface area (Å²) in [6.07, 6.45) is 2.32. The third kappa shape index (κ3) is 3.32. The number of fused-ring (bicyclic) bond motifs is 2. The van der Waals surface area contributed by atoms with Gasteiger partial charge in [0.1, 0.15) is 0 Å². The van der Waals surface area contributed by atoms with Gasteiger partial charge in [0.25, 0.3) is 10.0 Å². The van der Waals surface area contributed by atoms with Gasteiger partial charge >= 0.3 is 0 Å². The van der Waals surface area contributed by atoms with Gasteiger partial charge in [-0.1, -0.05) is 66.7 Å². The summed E-state index contributed by atoms with van der Waals surface area (Å²) in [5.41, 5.74) is 9.61. The van der Waals surface area contributed by atoms with Crippen LogP contribution in [-0.4, -0.2) is 18.9 Å². The number of hydrogen-bond acceptors (Lipinski definition) is 3. The second-order valence-corrected chi connectivity index (χ2v) is 9.38. The SMILES string of the molecule is NCCc1cn(S(=O)(=O)c2ccccc2)c2ccc(-c3cccc4ccccc34)cc12. The van der Waals surface area contributed by atoms with Crippen molar-refractivity contribution in [2.24, 2.45) is 5.73 Å². The highest BCUT2D eigenvalue weighted by Gasteiger charge is 2.21. The quantitative estimate of drug-likeness (QED) is 0.420. The fourth-order valence-electron chi connectivity index (χ4n) is 4.17. The Labute approximate surface area is 181 Å². The van der Waals surface area contributed by atoms with Crippen LogP contribution in [-0.2, 0) is 16.4 Å². The van der Waals surface area contributed by atoms with Gasteiger partial charge in [-0.05, 0) is 64.7 Å². The van der Waals surface area contributed by atoms with Crippen LogP contribution in [0.4, 0.5) is 0 Å². The van der Waals surface area contributed by atoms with Crippen LogP contribution < -0.4 is 5.73 Å². The second-order valence-electron chi connectivity index (χ2n) is 7.57. The van der Waals surface area contributed by atoms with Crippen molar-refractivity contribution in [2.45, 2.75) is 11.3 Å². The molecule has 5 heteroatoms. The van der Waals surface area contributed by atoms with E-state index in [2.05, 4.69) is 30.3 Å². The normalized spacial score (nSPS) is 11.9. The number of aromatic nitrogens is 1. The van der Waals surface area contributed by atoms with E-state index in [1.165, 1.54) is 14.7 Å². The van der Waals surface area contributed by atoms with Gasteiger partial charge in [-0.2, -0.15) is 0 Å². The molecule has 31 heavy (non-hydrogen) atoms.